The highest BCUT2D eigenvalue weighted by molar-refractivity contribution is 5.92. The summed E-state index contributed by atoms with van der Waals surface area (Å²) in [4.78, 5) is 18.2. The van der Waals surface area contributed by atoms with Gasteiger partial charge >= 0.3 is 0 Å². The Kier molecular flexibility index (Phi) is 4.57. The monoisotopic (exact) mass is 287 g/mol. The van der Waals surface area contributed by atoms with Gasteiger partial charge in [-0.25, -0.2) is 4.98 Å². The van der Waals surface area contributed by atoms with Gasteiger partial charge < -0.3 is 10.2 Å². The van der Waals surface area contributed by atoms with E-state index in [0.29, 0.717) is 18.2 Å². The third-order valence-electron chi connectivity index (χ3n) is 3.17. The van der Waals surface area contributed by atoms with E-state index in [1.807, 2.05) is 45.0 Å². The van der Waals surface area contributed by atoms with Crippen molar-refractivity contribution in [2.45, 2.75) is 26.3 Å². The predicted molar refractivity (Wildman–Crippen MR) is 82.4 cm³/mol. The Bertz CT molecular complexity index is 601. The first-order chi connectivity index (χ1) is 9.97. The number of aromatic amines is 1. The molecule has 2 aromatic rings. The second-order valence-electron chi connectivity index (χ2n) is 5.46. The summed E-state index contributed by atoms with van der Waals surface area (Å²) in [6, 6.07) is 5.66. The highest BCUT2D eigenvalue weighted by Gasteiger charge is 2.11. The fraction of sp³-hybridized carbons (Fsp3) is 0.400. The Morgan fingerprint density at radius 2 is 2.14 bits per heavy atom. The van der Waals surface area contributed by atoms with Crippen molar-refractivity contribution in [3.8, 4) is 0 Å². The fourth-order valence-electron chi connectivity index (χ4n) is 1.81. The summed E-state index contributed by atoms with van der Waals surface area (Å²) in [5, 5.41) is 9.74. The van der Waals surface area contributed by atoms with E-state index < -0.39 is 0 Å². The number of rotatable bonds is 5. The minimum atomic E-state index is -0.185. The van der Waals surface area contributed by atoms with Crippen LogP contribution in [0.15, 0.2) is 24.4 Å². The van der Waals surface area contributed by atoms with Crippen LogP contribution in [0, 0.1) is 0 Å². The van der Waals surface area contributed by atoms with Crippen molar-refractivity contribution in [1.29, 1.82) is 0 Å². The molecule has 2 heterocycles. The molecule has 6 heteroatoms. The molecule has 0 radical (unpaired) electrons. The van der Waals surface area contributed by atoms with Crippen LogP contribution in [0.3, 0.4) is 0 Å². The van der Waals surface area contributed by atoms with Crippen LogP contribution in [-0.4, -0.2) is 35.2 Å². The third-order valence-corrected chi connectivity index (χ3v) is 3.17. The third kappa shape index (κ3) is 3.81. The second-order valence-corrected chi connectivity index (χ2v) is 5.46. The number of aromatic nitrogens is 3. The summed E-state index contributed by atoms with van der Waals surface area (Å²) >= 11 is 0. The molecular formula is C15H21N5O. The number of pyridine rings is 1. The number of H-pyrrole nitrogens is 1. The van der Waals surface area contributed by atoms with Gasteiger partial charge in [-0.3, -0.25) is 9.89 Å². The molecule has 0 aromatic carbocycles. The summed E-state index contributed by atoms with van der Waals surface area (Å²) in [7, 11) is 3.88. The van der Waals surface area contributed by atoms with Gasteiger partial charge in [0.05, 0.1) is 0 Å². The molecule has 0 bridgehead atoms. The molecule has 0 atom stereocenters. The molecule has 21 heavy (non-hydrogen) atoms. The maximum Gasteiger partial charge on any atom is 0.272 e. The first-order valence-corrected chi connectivity index (χ1v) is 6.93. The summed E-state index contributed by atoms with van der Waals surface area (Å²) in [5.74, 6) is 1.02. The standard InChI is InChI=1S/C15H21N5O/c1-10(2)12-7-13(19-18-12)15(21)17-9-11-5-6-14(16-8-11)20(3)4/h5-8,10H,9H2,1-4H3,(H,17,21)(H,18,19). The first-order valence-electron chi connectivity index (χ1n) is 6.93. The van der Waals surface area contributed by atoms with Crippen molar-refractivity contribution in [2.24, 2.45) is 0 Å². The van der Waals surface area contributed by atoms with Crippen LogP contribution < -0.4 is 10.2 Å². The Balaban J connectivity index is 1.94. The van der Waals surface area contributed by atoms with E-state index >= 15 is 0 Å². The molecule has 2 aromatic heterocycles. The predicted octanol–water partition coefficient (Wildman–Crippen LogP) is 1.92. The zero-order chi connectivity index (χ0) is 15.4. The van der Waals surface area contributed by atoms with Crippen molar-refractivity contribution >= 4 is 11.7 Å². The number of carbonyl (C=O) groups excluding carboxylic acids is 1. The van der Waals surface area contributed by atoms with Gasteiger partial charge in [-0.15, -0.1) is 0 Å². The molecule has 112 valence electrons. The molecule has 0 aliphatic carbocycles. The minimum Gasteiger partial charge on any atom is -0.363 e. The summed E-state index contributed by atoms with van der Waals surface area (Å²) in [5.41, 5.74) is 2.32. The number of hydrogen-bond donors (Lipinski definition) is 2. The maximum atomic E-state index is 12.0. The molecule has 2 rings (SSSR count). The number of anilines is 1. The van der Waals surface area contributed by atoms with Crippen molar-refractivity contribution < 1.29 is 4.79 Å². The van der Waals surface area contributed by atoms with Gasteiger partial charge in [0.1, 0.15) is 11.5 Å². The topological polar surface area (TPSA) is 73.9 Å². The van der Waals surface area contributed by atoms with Crippen LogP contribution in [0.4, 0.5) is 5.82 Å². The van der Waals surface area contributed by atoms with E-state index in [9.17, 15) is 4.79 Å². The summed E-state index contributed by atoms with van der Waals surface area (Å²) < 4.78 is 0. The van der Waals surface area contributed by atoms with Gasteiger partial charge in [0.25, 0.3) is 5.91 Å². The number of carbonyl (C=O) groups is 1. The van der Waals surface area contributed by atoms with E-state index in [-0.39, 0.29) is 5.91 Å². The maximum absolute atomic E-state index is 12.0. The highest BCUT2D eigenvalue weighted by atomic mass is 16.1. The van der Waals surface area contributed by atoms with Crippen molar-refractivity contribution in [3.63, 3.8) is 0 Å². The number of nitrogens with zero attached hydrogens (tertiary/aromatic N) is 3. The Morgan fingerprint density at radius 3 is 2.67 bits per heavy atom. The number of hydrogen-bond acceptors (Lipinski definition) is 4. The second kappa shape index (κ2) is 6.39. The Labute approximate surface area is 124 Å². The molecule has 0 spiro atoms. The van der Waals surface area contributed by atoms with Crippen LogP contribution in [0.1, 0.15) is 41.5 Å². The number of amides is 1. The van der Waals surface area contributed by atoms with Crippen molar-refractivity contribution in [2.75, 3.05) is 19.0 Å². The van der Waals surface area contributed by atoms with Crippen LogP contribution in [0.2, 0.25) is 0 Å². The molecule has 0 saturated heterocycles. The molecule has 0 fully saturated rings. The normalized spacial score (nSPS) is 10.7. The molecule has 0 aliphatic rings. The van der Waals surface area contributed by atoms with Gasteiger partial charge in [0.15, 0.2) is 0 Å². The summed E-state index contributed by atoms with van der Waals surface area (Å²) in [6.45, 7) is 4.53. The van der Waals surface area contributed by atoms with Gasteiger partial charge in [-0.1, -0.05) is 19.9 Å². The van der Waals surface area contributed by atoms with E-state index in [4.69, 9.17) is 0 Å². The highest BCUT2D eigenvalue weighted by Crippen LogP contribution is 2.12. The van der Waals surface area contributed by atoms with E-state index in [2.05, 4.69) is 20.5 Å². The van der Waals surface area contributed by atoms with Crippen LogP contribution in [0.25, 0.3) is 0 Å². The SMILES string of the molecule is CC(C)c1cc(C(=O)NCc2ccc(N(C)C)nc2)n[nH]1. The summed E-state index contributed by atoms with van der Waals surface area (Å²) in [6.07, 6.45) is 1.76. The van der Waals surface area contributed by atoms with Crippen molar-refractivity contribution in [3.05, 3.63) is 41.3 Å². The average molecular weight is 287 g/mol. The molecule has 1 amide bonds. The van der Waals surface area contributed by atoms with Crippen LogP contribution in [-0.2, 0) is 6.54 Å². The van der Waals surface area contributed by atoms with Gasteiger partial charge in [-0.05, 0) is 23.6 Å². The van der Waals surface area contributed by atoms with E-state index in [1.165, 1.54) is 0 Å². The van der Waals surface area contributed by atoms with Gasteiger partial charge in [0.2, 0.25) is 0 Å². The molecule has 0 saturated carbocycles. The smallest absolute Gasteiger partial charge is 0.272 e. The largest absolute Gasteiger partial charge is 0.363 e. The Hall–Kier alpha value is -2.37. The van der Waals surface area contributed by atoms with Gasteiger partial charge in [-0.2, -0.15) is 5.10 Å². The lowest BCUT2D eigenvalue weighted by atomic mass is 10.1. The number of nitrogens with one attached hydrogen (secondary N) is 2. The lowest BCUT2D eigenvalue weighted by Crippen LogP contribution is -2.23. The molecule has 2 N–H and O–H groups in total. The lowest BCUT2D eigenvalue weighted by molar-refractivity contribution is 0.0946. The lowest BCUT2D eigenvalue weighted by Gasteiger charge is -2.11. The molecular weight excluding hydrogens is 266 g/mol. The molecule has 0 aliphatic heterocycles. The Morgan fingerprint density at radius 1 is 1.38 bits per heavy atom. The minimum absolute atomic E-state index is 0.185. The van der Waals surface area contributed by atoms with Crippen LogP contribution >= 0.6 is 0 Å². The van der Waals surface area contributed by atoms with E-state index in [0.717, 1.165) is 17.1 Å². The zero-order valence-corrected chi connectivity index (χ0v) is 12.8. The average Bonchev–Trinajstić information content (AvgIpc) is 2.95. The van der Waals surface area contributed by atoms with Gasteiger partial charge in [0, 0.05) is 32.5 Å². The van der Waals surface area contributed by atoms with Crippen LogP contribution in [0.5, 0.6) is 0 Å². The molecule has 0 unspecified atom stereocenters. The first kappa shape index (κ1) is 15.0. The fourth-order valence-corrected chi connectivity index (χ4v) is 1.81. The van der Waals surface area contributed by atoms with E-state index in [1.54, 1.807) is 12.3 Å². The van der Waals surface area contributed by atoms with Crippen molar-refractivity contribution in [1.82, 2.24) is 20.5 Å². The zero-order valence-electron chi connectivity index (χ0n) is 12.8. The molecule has 6 nitrogen and oxygen atoms in total. The quantitative estimate of drug-likeness (QED) is 0.881.